The van der Waals surface area contributed by atoms with Gasteiger partial charge in [0.25, 0.3) is 0 Å². The molecule has 1 saturated heterocycles. The summed E-state index contributed by atoms with van der Waals surface area (Å²) >= 11 is 0. The molecule has 0 radical (unpaired) electrons. The summed E-state index contributed by atoms with van der Waals surface area (Å²) in [7, 11) is 3.21. The number of fused-ring (bicyclic) bond motifs is 3. The van der Waals surface area contributed by atoms with E-state index < -0.39 is 0 Å². The molecular formula is C21H26O4. The van der Waals surface area contributed by atoms with Gasteiger partial charge in [-0.15, -0.1) is 0 Å². The predicted octanol–water partition coefficient (Wildman–Crippen LogP) is 4.18. The average molecular weight is 342 g/mol. The Morgan fingerprint density at radius 1 is 1.12 bits per heavy atom. The van der Waals surface area contributed by atoms with Crippen LogP contribution in [0.25, 0.3) is 0 Å². The number of hydrogen-bond acceptors (Lipinski definition) is 4. The van der Waals surface area contributed by atoms with Crippen LogP contribution in [0.15, 0.2) is 29.3 Å². The Hall–Kier alpha value is -1.81. The first-order valence-electron chi connectivity index (χ1n) is 9.17. The smallest absolute Gasteiger partial charge is 0.170 e. The van der Waals surface area contributed by atoms with Crippen LogP contribution in [0.3, 0.4) is 0 Å². The second-order valence-electron chi connectivity index (χ2n) is 7.78. The van der Waals surface area contributed by atoms with Gasteiger partial charge in [0.1, 0.15) is 0 Å². The molecule has 0 saturated carbocycles. The second kappa shape index (κ2) is 6.17. The van der Waals surface area contributed by atoms with Crippen LogP contribution in [-0.2, 0) is 4.74 Å². The average Bonchev–Trinajstić information content (AvgIpc) is 2.99. The Morgan fingerprint density at radius 2 is 1.84 bits per heavy atom. The molecule has 0 aromatic heterocycles. The summed E-state index contributed by atoms with van der Waals surface area (Å²) in [6.07, 6.45) is 5.73. The molecular weight excluding hydrogens is 316 g/mol. The van der Waals surface area contributed by atoms with Gasteiger partial charge in [-0.05, 0) is 55.9 Å². The van der Waals surface area contributed by atoms with Crippen molar-refractivity contribution in [3.8, 4) is 11.5 Å². The van der Waals surface area contributed by atoms with E-state index in [9.17, 15) is 4.79 Å². The summed E-state index contributed by atoms with van der Waals surface area (Å²) in [5.41, 5.74) is 3.39. The van der Waals surface area contributed by atoms with E-state index in [1.165, 1.54) is 24.0 Å². The molecule has 0 unspecified atom stereocenters. The van der Waals surface area contributed by atoms with Crippen LogP contribution in [0.2, 0.25) is 0 Å². The summed E-state index contributed by atoms with van der Waals surface area (Å²) < 4.78 is 16.8. The van der Waals surface area contributed by atoms with Gasteiger partial charge >= 0.3 is 0 Å². The lowest BCUT2D eigenvalue weighted by molar-refractivity contribution is 0.0777. The summed E-state index contributed by atoms with van der Waals surface area (Å²) in [6, 6.07) is 5.49. The predicted molar refractivity (Wildman–Crippen MR) is 95.3 cm³/mol. The highest BCUT2D eigenvalue weighted by Gasteiger charge is 2.53. The highest BCUT2D eigenvalue weighted by molar-refractivity contribution is 6.01. The standard InChI is InChI=1S/C21H26O4/c1-21-11-18(25-12-21)14-6-4-5-7-15(14)19(21)20(22)13-8-9-16(23-2)17(10-13)24-3/h8-10,18-19H,4-7,11-12H2,1-3H3/t18-,19-,21-/m1/s1. The zero-order valence-corrected chi connectivity index (χ0v) is 15.3. The minimum atomic E-state index is -0.0922. The molecule has 4 heteroatoms. The first-order valence-corrected chi connectivity index (χ1v) is 9.17. The van der Waals surface area contributed by atoms with Crippen molar-refractivity contribution in [2.24, 2.45) is 11.3 Å². The van der Waals surface area contributed by atoms with E-state index in [1.807, 2.05) is 18.2 Å². The number of carbonyl (C=O) groups is 1. The lowest BCUT2D eigenvalue weighted by Crippen LogP contribution is -2.40. The summed E-state index contributed by atoms with van der Waals surface area (Å²) in [4.78, 5) is 13.5. The molecule has 1 heterocycles. The molecule has 3 atom stereocenters. The van der Waals surface area contributed by atoms with Crippen molar-refractivity contribution in [2.75, 3.05) is 20.8 Å². The topological polar surface area (TPSA) is 44.8 Å². The number of rotatable bonds is 4. The quantitative estimate of drug-likeness (QED) is 0.608. The lowest BCUT2D eigenvalue weighted by Gasteiger charge is -2.40. The Balaban J connectivity index is 1.75. The molecule has 2 bridgehead atoms. The minimum absolute atomic E-state index is 0.0698. The largest absolute Gasteiger partial charge is 0.493 e. The molecule has 0 spiro atoms. The second-order valence-corrected chi connectivity index (χ2v) is 7.78. The summed E-state index contributed by atoms with van der Waals surface area (Å²) in [5.74, 6) is 1.38. The van der Waals surface area contributed by atoms with E-state index in [2.05, 4.69) is 6.92 Å². The maximum absolute atomic E-state index is 13.5. The van der Waals surface area contributed by atoms with Crippen LogP contribution in [-0.4, -0.2) is 32.7 Å². The molecule has 1 fully saturated rings. The van der Waals surface area contributed by atoms with Gasteiger partial charge in [0.15, 0.2) is 17.3 Å². The van der Waals surface area contributed by atoms with Crippen LogP contribution in [0.1, 0.15) is 49.4 Å². The van der Waals surface area contributed by atoms with Crippen molar-refractivity contribution in [3.05, 3.63) is 34.9 Å². The Kier molecular flexibility index (Phi) is 4.11. The fourth-order valence-corrected chi connectivity index (χ4v) is 4.96. The maximum atomic E-state index is 13.5. The Morgan fingerprint density at radius 3 is 2.56 bits per heavy atom. The van der Waals surface area contributed by atoms with Crippen LogP contribution in [0, 0.1) is 11.3 Å². The molecule has 134 valence electrons. The Bertz CT molecular complexity index is 735. The number of allylic oxidation sites excluding steroid dienone is 1. The van der Waals surface area contributed by atoms with Crippen molar-refractivity contribution in [1.82, 2.24) is 0 Å². The number of ketones is 1. The SMILES string of the molecule is COc1ccc(C(=O)[C@H]2C3=C(CCCC3)[C@H]3C[C@]2(C)CO3)cc1OC. The zero-order chi connectivity index (χ0) is 17.6. The molecule has 0 N–H and O–H groups in total. The molecule has 2 aliphatic carbocycles. The lowest BCUT2D eigenvalue weighted by atomic mass is 9.61. The molecule has 4 nitrogen and oxygen atoms in total. The van der Waals surface area contributed by atoms with Crippen molar-refractivity contribution >= 4 is 5.78 Å². The first-order chi connectivity index (χ1) is 12.1. The van der Waals surface area contributed by atoms with Crippen LogP contribution >= 0.6 is 0 Å². The number of Topliss-reactive ketones (excluding diaryl/α,β-unsaturated/α-hetero) is 1. The van der Waals surface area contributed by atoms with E-state index in [4.69, 9.17) is 14.2 Å². The van der Waals surface area contributed by atoms with E-state index in [0.29, 0.717) is 23.7 Å². The van der Waals surface area contributed by atoms with Gasteiger partial charge in [-0.2, -0.15) is 0 Å². The van der Waals surface area contributed by atoms with Crippen LogP contribution in [0.5, 0.6) is 11.5 Å². The van der Waals surface area contributed by atoms with Gasteiger partial charge in [0, 0.05) is 11.0 Å². The third-order valence-electron chi connectivity index (χ3n) is 6.18. The van der Waals surface area contributed by atoms with Crippen molar-refractivity contribution in [2.45, 2.75) is 45.1 Å². The minimum Gasteiger partial charge on any atom is -0.493 e. The van der Waals surface area contributed by atoms with Gasteiger partial charge in [-0.25, -0.2) is 0 Å². The molecule has 3 aliphatic rings. The number of methoxy groups -OCH3 is 2. The number of benzene rings is 1. The molecule has 1 aromatic carbocycles. The monoisotopic (exact) mass is 342 g/mol. The highest BCUT2D eigenvalue weighted by atomic mass is 16.5. The summed E-state index contributed by atoms with van der Waals surface area (Å²) in [5, 5.41) is 0. The van der Waals surface area contributed by atoms with Gasteiger partial charge < -0.3 is 14.2 Å². The molecule has 4 rings (SSSR count). The van der Waals surface area contributed by atoms with Gasteiger partial charge in [0.05, 0.1) is 32.8 Å². The van der Waals surface area contributed by atoms with Crippen LogP contribution in [0.4, 0.5) is 0 Å². The van der Waals surface area contributed by atoms with E-state index in [0.717, 1.165) is 19.3 Å². The maximum Gasteiger partial charge on any atom is 0.170 e. The van der Waals surface area contributed by atoms with Crippen molar-refractivity contribution in [1.29, 1.82) is 0 Å². The first kappa shape index (κ1) is 16.6. The van der Waals surface area contributed by atoms with Gasteiger partial charge in [0.2, 0.25) is 0 Å². The number of ether oxygens (including phenoxy) is 3. The number of hydrogen-bond donors (Lipinski definition) is 0. The third kappa shape index (κ3) is 2.58. The summed E-state index contributed by atoms with van der Waals surface area (Å²) in [6.45, 7) is 2.89. The van der Waals surface area contributed by atoms with Crippen LogP contribution < -0.4 is 9.47 Å². The normalized spacial score (nSPS) is 30.8. The zero-order valence-electron chi connectivity index (χ0n) is 15.3. The fourth-order valence-electron chi connectivity index (χ4n) is 4.96. The highest BCUT2D eigenvalue weighted by Crippen LogP contribution is 2.54. The number of carbonyl (C=O) groups excluding carboxylic acids is 1. The van der Waals surface area contributed by atoms with E-state index in [-0.39, 0.29) is 23.2 Å². The third-order valence-corrected chi connectivity index (χ3v) is 6.18. The molecule has 0 amide bonds. The van der Waals surface area contributed by atoms with Crippen molar-refractivity contribution < 1.29 is 19.0 Å². The van der Waals surface area contributed by atoms with E-state index in [1.54, 1.807) is 14.2 Å². The van der Waals surface area contributed by atoms with Crippen molar-refractivity contribution in [3.63, 3.8) is 0 Å². The molecule has 25 heavy (non-hydrogen) atoms. The Labute approximate surface area is 149 Å². The van der Waals surface area contributed by atoms with E-state index >= 15 is 0 Å². The molecule has 1 aromatic rings. The fraction of sp³-hybridized carbons (Fsp3) is 0.571. The van der Waals surface area contributed by atoms with Gasteiger partial charge in [-0.1, -0.05) is 12.5 Å². The molecule has 1 aliphatic heterocycles. The van der Waals surface area contributed by atoms with Gasteiger partial charge in [-0.3, -0.25) is 4.79 Å².